The van der Waals surface area contributed by atoms with Crippen molar-refractivity contribution in [2.24, 2.45) is 0 Å². The van der Waals surface area contributed by atoms with Gasteiger partial charge in [0.15, 0.2) is 22.1 Å². The molecule has 1 fully saturated rings. The van der Waals surface area contributed by atoms with Gasteiger partial charge in [-0.25, -0.2) is 18.2 Å². The zero-order valence-electron chi connectivity index (χ0n) is 12.4. The maximum atomic E-state index is 11.9. The zero-order valence-corrected chi connectivity index (χ0v) is 13.2. The van der Waals surface area contributed by atoms with Gasteiger partial charge in [-0.3, -0.25) is 9.78 Å². The number of sulfone groups is 1. The van der Waals surface area contributed by atoms with Crippen LogP contribution in [0.4, 0.5) is 0 Å². The second-order valence-corrected chi connectivity index (χ2v) is 7.41. The molecule has 0 radical (unpaired) electrons. The Morgan fingerprint density at radius 2 is 2.09 bits per heavy atom. The number of hydrogen-bond donors (Lipinski definition) is 0. The van der Waals surface area contributed by atoms with E-state index in [4.69, 9.17) is 4.74 Å². The predicted octanol–water partition coefficient (Wildman–Crippen LogP) is -0.413. The molecular weight excluding hydrogens is 310 g/mol. The normalized spacial score (nSPS) is 19.6. The van der Waals surface area contributed by atoms with Crippen molar-refractivity contribution >= 4 is 21.7 Å². The molecule has 9 heteroatoms. The van der Waals surface area contributed by atoms with Gasteiger partial charge in [-0.2, -0.15) is 0 Å². The lowest BCUT2D eigenvalue weighted by Gasteiger charge is -2.23. The van der Waals surface area contributed by atoms with E-state index in [1.54, 1.807) is 6.92 Å². The first-order valence-electron chi connectivity index (χ1n) is 6.70. The molecule has 0 aliphatic carbocycles. The summed E-state index contributed by atoms with van der Waals surface area (Å²) < 4.78 is 27.7. The van der Waals surface area contributed by atoms with E-state index in [0.717, 1.165) is 0 Å². The Labute approximate surface area is 128 Å². The average molecular weight is 327 g/mol. The van der Waals surface area contributed by atoms with Crippen LogP contribution in [0.5, 0.6) is 0 Å². The summed E-state index contributed by atoms with van der Waals surface area (Å²) in [6, 6.07) is -0.365. The molecule has 0 aromatic carbocycles. The minimum Gasteiger partial charge on any atom is -0.451 e. The number of aromatic nitrogens is 2. The van der Waals surface area contributed by atoms with Crippen LogP contribution in [0, 0.1) is 6.92 Å². The molecule has 8 nitrogen and oxygen atoms in total. The molecule has 1 amide bonds. The maximum absolute atomic E-state index is 11.9. The lowest BCUT2D eigenvalue weighted by atomic mass is 10.2. The van der Waals surface area contributed by atoms with Crippen LogP contribution in [0.1, 0.15) is 22.6 Å². The SMILES string of the molecule is Cc1cnc(C(=O)OCC(=O)N(C)C2CCS(=O)(=O)C2)cn1. The number of esters is 1. The lowest BCUT2D eigenvalue weighted by Crippen LogP contribution is -2.40. The lowest BCUT2D eigenvalue weighted by molar-refractivity contribution is -0.134. The van der Waals surface area contributed by atoms with Crippen molar-refractivity contribution in [3.8, 4) is 0 Å². The smallest absolute Gasteiger partial charge is 0.359 e. The highest BCUT2D eigenvalue weighted by Gasteiger charge is 2.32. The van der Waals surface area contributed by atoms with Crippen molar-refractivity contribution in [2.45, 2.75) is 19.4 Å². The quantitative estimate of drug-likeness (QED) is 0.692. The van der Waals surface area contributed by atoms with Crippen LogP contribution >= 0.6 is 0 Å². The van der Waals surface area contributed by atoms with E-state index in [1.807, 2.05) is 0 Å². The van der Waals surface area contributed by atoms with Crippen LogP contribution in [0.15, 0.2) is 12.4 Å². The van der Waals surface area contributed by atoms with Gasteiger partial charge in [-0.05, 0) is 13.3 Å². The Morgan fingerprint density at radius 3 is 2.64 bits per heavy atom. The highest BCUT2D eigenvalue weighted by Crippen LogP contribution is 2.16. The molecule has 1 saturated heterocycles. The molecule has 0 bridgehead atoms. The van der Waals surface area contributed by atoms with Crippen molar-refractivity contribution in [3.05, 3.63) is 23.8 Å². The summed E-state index contributed by atoms with van der Waals surface area (Å²) in [7, 11) is -1.56. The van der Waals surface area contributed by atoms with Gasteiger partial charge in [0.05, 0.1) is 23.4 Å². The number of rotatable bonds is 4. The van der Waals surface area contributed by atoms with E-state index < -0.39 is 28.3 Å². The third kappa shape index (κ3) is 4.00. The molecule has 1 aliphatic heterocycles. The van der Waals surface area contributed by atoms with E-state index in [1.165, 1.54) is 24.3 Å². The van der Waals surface area contributed by atoms with Gasteiger partial charge in [0, 0.05) is 19.3 Å². The monoisotopic (exact) mass is 327 g/mol. The van der Waals surface area contributed by atoms with Crippen molar-refractivity contribution in [2.75, 3.05) is 25.2 Å². The fraction of sp³-hybridized carbons (Fsp3) is 0.538. The summed E-state index contributed by atoms with van der Waals surface area (Å²) in [4.78, 5) is 32.8. The third-order valence-electron chi connectivity index (χ3n) is 3.47. The Balaban J connectivity index is 1.87. The van der Waals surface area contributed by atoms with Crippen molar-refractivity contribution < 1.29 is 22.7 Å². The van der Waals surface area contributed by atoms with Crippen molar-refractivity contribution in [1.82, 2.24) is 14.9 Å². The van der Waals surface area contributed by atoms with Gasteiger partial charge in [0.1, 0.15) is 0 Å². The molecule has 2 heterocycles. The Hall–Kier alpha value is -2.03. The summed E-state index contributed by atoms with van der Waals surface area (Å²) in [6.07, 6.45) is 3.10. The first kappa shape index (κ1) is 16.3. The summed E-state index contributed by atoms with van der Waals surface area (Å²) in [5, 5.41) is 0. The number of nitrogens with zero attached hydrogens (tertiary/aromatic N) is 3. The number of likely N-dealkylation sites (N-methyl/N-ethyl adjacent to an activating group) is 1. The van der Waals surface area contributed by atoms with E-state index in [2.05, 4.69) is 9.97 Å². The van der Waals surface area contributed by atoms with Crippen LogP contribution in [-0.2, 0) is 19.4 Å². The molecule has 1 atom stereocenters. The van der Waals surface area contributed by atoms with E-state index >= 15 is 0 Å². The van der Waals surface area contributed by atoms with Crippen LogP contribution < -0.4 is 0 Å². The van der Waals surface area contributed by atoms with Gasteiger partial charge in [-0.15, -0.1) is 0 Å². The Bertz CT molecular complexity index is 671. The molecule has 1 unspecified atom stereocenters. The number of amides is 1. The van der Waals surface area contributed by atoms with Gasteiger partial charge < -0.3 is 9.64 Å². The molecule has 0 N–H and O–H groups in total. The van der Waals surface area contributed by atoms with E-state index in [9.17, 15) is 18.0 Å². The minimum atomic E-state index is -3.07. The number of carbonyl (C=O) groups excluding carboxylic acids is 2. The number of hydrogen-bond acceptors (Lipinski definition) is 7. The van der Waals surface area contributed by atoms with Crippen molar-refractivity contribution in [1.29, 1.82) is 0 Å². The molecule has 1 aromatic rings. The highest BCUT2D eigenvalue weighted by atomic mass is 32.2. The van der Waals surface area contributed by atoms with Crippen LogP contribution in [0.25, 0.3) is 0 Å². The van der Waals surface area contributed by atoms with Crippen molar-refractivity contribution in [3.63, 3.8) is 0 Å². The molecule has 0 saturated carbocycles. The molecule has 2 rings (SSSR count). The van der Waals surface area contributed by atoms with Gasteiger partial charge in [0.25, 0.3) is 5.91 Å². The average Bonchev–Trinajstić information content (AvgIpc) is 2.84. The molecule has 1 aromatic heterocycles. The van der Waals surface area contributed by atoms with E-state index in [0.29, 0.717) is 12.1 Å². The van der Waals surface area contributed by atoms with Gasteiger partial charge in [-0.1, -0.05) is 0 Å². The summed E-state index contributed by atoms with van der Waals surface area (Å²) in [5.41, 5.74) is 0.680. The standard InChI is InChI=1S/C13H17N3O5S/c1-9-5-15-11(6-14-9)13(18)21-7-12(17)16(2)10-3-4-22(19,20)8-10/h5-6,10H,3-4,7-8H2,1-2H3. The van der Waals surface area contributed by atoms with Gasteiger partial charge >= 0.3 is 5.97 Å². The topological polar surface area (TPSA) is 107 Å². The Morgan fingerprint density at radius 1 is 1.36 bits per heavy atom. The first-order valence-corrected chi connectivity index (χ1v) is 8.52. The summed E-state index contributed by atoms with van der Waals surface area (Å²) in [5.74, 6) is -1.16. The van der Waals surface area contributed by atoms with Crippen LogP contribution in [-0.4, -0.2) is 66.4 Å². The van der Waals surface area contributed by atoms with Gasteiger partial charge in [0.2, 0.25) is 0 Å². The Kier molecular flexibility index (Phi) is 4.74. The summed E-state index contributed by atoms with van der Waals surface area (Å²) in [6.45, 7) is 1.28. The second kappa shape index (κ2) is 6.39. The molecular formula is C13H17N3O5S. The molecule has 1 aliphatic rings. The molecule has 0 spiro atoms. The largest absolute Gasteiger partial charge is 0.451 e. The fourth-order valence-electron chi connectivity index (χ4n) is 2.09. The van der Waals surface area contributed by atoms with E-state index in [-0.39, 0.29) is 23.2 Å². The predicted molar refractivity (Wildman–Crippen MR) is 76.9 cm³/mol. The third-order valence-corrected chi connectivity index (χ3v) is 5.22. The highest BCUT2D eigenvalue weighted by molar-refractivity contribution is 7.91. The number of ether oxygens (including phenoxy) is 1. The minimum absolute atomic E-state index is 0.0181. The summed E-state index contributed by atoms with van der Waals surface area (Å²) >= 11 is 0. The first-order chi connectivity index (χ1) is 10.3. The molecule has 22 heavy (non-hydrogen) atoms. The fourth-order valence-corrected chi connectivity index (χ4v) is 3.86. The second-order valence-electron chi connectivity index (χ2n) is 5.18. The molecule has 120 valence electrons. The number of aryl methyl sites for hydroxylation is 1. The van der Waals surface area contributed by atoms with Crippen LogP contribution in [0.2, 0.25) is 0 Å². The zero-order chi connectivity index (χ0) is 16.3. The number of carbonyl (C=O) groups is 2. The van der Waals surface area contributed by atoms with Crippen LogP contribution in [0.3, 0.4) is 0 Å². The maximum Gasteiger partial charge on any atom is 0.359 e.